The maximum absolute atomic E-state index is 2.50. The van der Waals surface area contributed by atoms with E-state index in [1.807, 2.05) is 0 Å². The molecule has 3 rings (SSSR count). The first-order valence-electron chi connectivity index (χ1n) is 17.5. The van der Waals surface area contributed by atoms with Crippen LogP contribution in [0.3, 0.4) is 0 Å². The SMILES string of the molecule is CC(C)c1cc(C(C)C)c(-c2cccc(-c3c(C(C)C)cc(C(C)C)cc3C(C)C)[c]2[Sn])c(C(C)C)c1.[CH3][Sn]([CH3])[CH3].[CH3][Sn]([CH3])[CH3].[K]. The minimum Gasteiger partial charge on any atom is 0 e. The van der Waals surface area contributed by atoms with Crippen molar-refractivity contribution in [1.29, 1.82) is 0 Å². The average Bonchev–Trinajstić information content (AvgIpc) is 2.90. The van der Waals surface area contributed by atoms with Gasteiger partial charge in [0, 0.05) is 51.4 Å². The van der Waals surface area contributed by atoms with Crippen LogP contribution in [-0.4, -0.2) is 113 Å². The Morgan fingerprint density at radius 2 is 0.652 bits per heavy atom. The second-order valence-electron chi connectivity index (χ2n) is 15.8. The first kappa shape index (κ1) is 47.7. The molecule has 0 atom stereocenters. The molecule has 3 aromatic rings. The summed E-state index contributed by atoms with van der Waals surface area (Å²) in [5.74, 6) is 2.98. The van der Waals surface area contributed by atoms with Gasteiger partial charge >= 0.3 is 312 Å². The van der Waals surface area contributed by atoms with Gasteiger partial charge in [-0.3, -0.25) is 0 Å². The molecule has 0 aliphatic rings. The summed E-state index contributed by atoms with van der Waals surface area (Å²) in [6, 6.07) is 17.1. The molecule has 4 heteroatoms. The van der Waals surface area contributed by atoms with E-state index in [4.69, 9.17) is 0 Å². The Labute approximate surface area is 357 Å². The molecular weight excluding hydrogens is 900 g/mol. The van der Waals surface area contributed by atoms with Gasteiger partial charge < -0.3 is 0 Å². The largest absolute Gasteiger partial charge is 0 e. The molecule has 3 aromatic carbocycles. The summed E-state index contributed by atoms with van der Waals surface area (Å²) in [4.78, 5) is 14.2. The van der Waals surface area contributed by atoms with Crippen molar-refractivity contribution in [2.75, 3.05) is 0 Å². The van der Waals surface area contributed by atoms with Crippen LogP contribution in [0.2, 0.25) is 29.6 Å². The predicted octanol–water partition coefficient (Wildman–Crippen LogP) is 12.9. The fraction of sp³-hybridized carbons (Fsp3) is 0.571. The van der Waals surface area contributed by atoms with Crippen LogP contribution in [0.5, 0.6) is 0 Å². The molecule has 0 saturated carbocycles. The zero-order valence-electron chi connectivity index (χ0n) is 33.5. The average molecular weight is 967 g/mol. The second kappa shape index (κ2) is 22.6. The third-order valence-corrected chi connectivity index (χ3v) is 9.41. The van der Waals surface area contributed by atoms with E-state index in [-0.39, 0.29) is 51.4 Å². The Morgan fingerprint density at radius 3 is 0.826 bits per heavy atom. The maximum Gasteiger partial charge on any atom is 0 e. The molecular formula is C42H67KSn3. The van der Waals surface area contributed by atoms with E-state index in [1.165, 1.54) is 81.7 Å². The van der Waals surface area contributed by atoms with Gasteiger partial charge in [-0.15, -0.1) is 0 Å². The molecule has 0 amide bonds. The van der Waals surface area contributed by atoms with Crippen molar-refractivity contribution in [3.8, 4) is 22.3 Å². The quantitative estimate of drug-likeness (QED) is 0.197. The predicted molar refractivity (Wildman–Crippen MR) is 220 cm³/mol. The zero-order valence-corrected chi connectivity index (χ0v) is 45.2. The minimum absolute atomic E-state index is 0. The van der Waals surface area contributed by atoms with Gasteiger partial charge in [0.25, 0.3) is 0 Å². The van der Waals surface area contributed by atoms with E-state index < -0.39 is 39.5 Å². The first-order valence-corrected chi connectivity index (χ1v) is 36.0. The van der Waals surface area contributed by atoms with Crippen molar-refractivity contribution in [2.45, 2.75) is 148 Å². The Bertz CT molecular complexity index is 1180. The Kier molecular flexibility index (Phi) is 23.4. The zero-order chi connectivity index (χ0) is 34.9. The minimum atomic E-state index is -0.543. The van der Waals surface area contributed by atoms with E-state index in [1.54, 1.807) is 0 Å². The molecule has 0 unspecified atom stereocenters. The normalized spacial score (nSPS) is 11.5. The van der Waals surface area contributed by atoms with Gasteiger partial charge in [0.05, 0.1) is 0 Å². The van der Waals surface area contributed by atoms with Crippen LogP contribution in [-0.2, 0) is 0 Å². The van der Waals surface area contributed by atoms with Gasteiger partial charge in [-0.05, 0) is 0 Å². The van der Waals surface area contributed by atoms with Gasteiger partial charge in [-0.25, -0.2) is 0 Å². The van der Waals surface area contributed by atoms with Crippen molar-refractivity contribution in [3.05, 3.63) is 75.8 Å². The first-order chi connectivity index (χ1) is 20.7. The monoisotopic (exact) mass is 970 g/mol. The standard InChI is InChI=1S/C36H49.6CH3.K.3Sn/c1-21(2)29-17-31(23(5)6)35(32(18-29)24(7)8)27-14-13-15-28(16-27)36-33(25(9)10)19-30(22(3)4)20-34(36)26(11)12;;;;;;;;;;/h13-15,17-26H,1-12H3;6*1H3;;;;. The Morgan fingerprint density at radius 1 is 0.435 bits per heavy atom. The fourth-order valence-electron chi connectivity index (χ4n) is 5.50. The molecule has 46 heavy (non-hydrogen) atoms. The number of rotatable bonds is 8. The molecule has 248 valence electrons. The number of hydrogen-bond donors (Lipinski definition) is 0. The van der Waals surface area contributed by atoms with Crippen LogP contribution >= 0.6 is 0 Å². The van der Waals surface area contributed by atoms with Crippen LogP contribution < -0.4 is 3.58 Å². The Hall–Kier alpha value is 1.69. The van der Waals surface area contributed by atoms with Crippen molar-refractivity contribution in [2.24, 2.45) is 0 Å². The summed E-state index contributed by atoms with van der Waals surface area (Å²) in [6.45, 7) is 28.2. The van der Waals surface area contributed by atoms with Gasteiger partial charge in [0.15, 0.2) is 0 Å². The topological polar surface area (TPSA) is 0 Å². The molecule has 0 fully saturated rings. The maximum atomic E-state index is 2.50. The molecule has 0 bridgehead atoms. The molecule has 0 aromatic heterocycles. The summed E-state index contributed by atoms with van der Waals surface area (Å²) in [6.07, 6.45) is 0. The molecule has 0 saturated heterocycles. The molecule has 0 aliphatic carbocycles. The summed E-state index contributed by atoms with van der Waals surface area (Å²) in [5.41, 5.74) is 14.8. The fourth-order valence-corrected chi connectivity index (χ4v) is 6.69. The summed E-state index contributed by atoms with van der Waals surface area (Å²) in [5, 5.41) is 0. The summed E-state index contributed by atoms with van der Waals surface area (Å²) < 4.78 is 1.50. The summed E-state index contributed by atoms with van der Waals surface area (Å²) >= 11 is 0.400. The molecule has 0 spiro atoms. The van der Waals surface area contributed by atoms with E-state index in [0.29, 0.717) is 35.5 Å². The summed E-state index contributed by atoms with van der Waals surface area (Å²) in [7, 11) is 0. The van der Waals surface area contributed by atoms with Gasteiger partial charge in [-0.2, -0.15) is 0 Å². The van der Waals surface area contributed by atoms with E-state index in [9.17, 15) is 0 Å². The van der Waals surface area contributed by atoms with Gasteiger partial charge in [0.2, 0.25) is 0 Å². The molecule has 6 radical (unpaired) electrons. The van der Waals surface area contributed by atoms with Crippen LogP contribution in [0.25, 0.3) is 22.3 Å². The Balaban J connectivity index is 0.00000201. The van der Waals surface area contributed by atoms with Crippen molar-refractivity contribution >= 4 is 117 Å². The van der Waals surface area contributed by atoms with E-state index >= 15 is 0 Å². The smallest absolute Gasteiger partial charge is 0 e. The molecule has 0 nitrogen and oxygen atoms in total. The van der Waals surface area contributed by atoms with Crippen LogP contribution in [0.1, 0.15) is 152 Å². The number of benzene rings is 3. The van der Waals surface area contributed by atoms with Gasteiger partial charge in [-0.1, -0.05) is 0 Å². The van der Waals surface area contributed by atoms with Crippen LogP contribution in [0.15, 0.2) is 42.5 Å². The third-order valence-electron chi connectivity index (χ3n) is 7.87. The molecule has 0 N–H and O–H groups in total. The van der Waals surface area contributed by atoms with Crippen LogP contribution in [0.4, 0.5) is 0 Å². The van der Waals surface area contributed by atoms with E-state index in [2.05, 4.69) is 155 Å². The number of hydrogen-bond acceptors (Lipinski definition) is 0. The third kappa shape index (κ3) is 14.4. The van der Waals surface area contributed by atoms with Crippen molar-refractivity contribution < 1.29 is 0 Å². The second-order valence-corrected chi connectivity index (χ2v) is 34.4. The van der Waals surface area contributed by atoms with E-state index in [0.717, 1.165) is 0 Å². The van der Waals surface area contributed by atoms with Crippen molar-refractivity contribution in [3.63, 3.8) is 0 Å². The van der Waals surface area contributed by atoms with Crippen molar-refractivity contribution in [1.82, 2.24) is 0 Å². The van der Waals surface area contributed by atoms with Crippen LogP contribution in [0, 0.1) is 0 Å². The van der Waals surface area contributed by atoms with Gasteiger partial charge in [0.1, 0.15) is 0 Å². The molecule has 0 heterocycles. The molecule has 0 aliphatic heterocycles.